The third-order valence-corrected chi connectivity index (χ3v) is 21.7. The van der Waals surface area contributed by atoms with Crippen LogP contribution in [0.5, 0.6) is 0 Å². The van der Waals surface area contributed by atoms with Gasteiger partial charge in [0.25, 0.3) is 23.6 Å². The lowest BCUT2D eigenvalue weighted by molar-refractivity contribution is -0.156. The molecule has 0 radical (unpaired) electrons. The number of aromatic nitrogens is 4. The molecule has 12 heterocycles. The zero-order valence-corrected chi connectivity index (χ0v) is 57.7. The average Bonchev–Trinajstić information content (AvgIpc) is 1.66. The number of nitrogens with zero attached hydrogens (tertiary/aromatic N) is 8. The number of hydrogen-bond donors (Lipinski definition) is 3. The Morgan fingerprint density at radius 1 is 0.430 bits per heavy atom. The van der Waals surface area contributed by atoms with Crippen molar-refractivity contribution in [3.63, 3.8) is 0 Å². The molecule has 12 rings (SSSR count). The average molecular weight is 1500 g/mol. The topological polar surface area (TPSA) is 238 Å². The van der Waals surface area contributed by atoms with Gasteiger partial charge in [-0.3, -0.25) is 19.2 Å². The Morgan fingerprint density at radius 3 is 0.960 bits per heavy atom. The van der Waals surface area contributed by atoms with Crippen molar-refractivity contribution < 1.29 is 100 Å². The van der Waals surface area contributed by atoms with E-state index in [2.05, 4.69) is 51.0 Å². The maximum atomic E-state index is 12.8. The monoisotopic (exact) mass is 1500 g/mol. The van der Waals surface area contributed by atoms with Crippen LogP contribution in [0.4, 0.5) is 52.7 Å². The minimum Gasteiger partial charge on any atom is -0.393 e. The highest BCUT2D eigenvalue weighted by atomic mass is 32.1. The van der Waals surface area contributed by atoms with Crippen molar-refractivity contribution in [1.29, 1.82) is 0 Å². The van der Waals surface area contributed by atoms with Crippen LogP contribution in [-0.4, -0.2) is 152 Å². The lowest BCUT2D eigenvalue weighted by Crippen LogP contribution is -2.46. The third kappa shape index (κ3) is 18.1. The highest BCUT2D eigenvalue weighted by Crippen LogP contribution is 2.43. The number of carbonyl (C=O) groups is 4. The first kappa shape index (κ1) is 78.3. The molecule has 546 valence electrons. The zero-order valence-electron chi connectivity index (χ0n) is 54.4. The Bertz CT molecular complexity index is 3830. The van der Waals surface area contributed by atoms with Crippen molar-refractivity contribution in [3.05, 3.63) is 113 Å². The standard InChI is InChI=1S/C16H18F3N3O2S.2C16H17F3N2O3S.C16H17F3N2O2S.CH4/c1-9-13(21-24-14(9)16(17,18)19)11-5-6-12(25-11)15(23)22-7-3-4-10(8-22)20-2;2*1-8-7-21(6-5-10(8)22)15(23)12-4-3-11(25-12)13-9(2)14(24-20-13)16(17,18)19;1-9-5-7-21(8-6-9)15(22)12-4-3-11(24-12)13-10(2)14(23-20-13)16(17,18)19;/h5-6,10,20H,3-4,7-8H2,1-2H3;2*3-4,8,10,22H,5-7H2,1-2H3;3-4,9H,5-8H2,1-2H3;1H4/t10-;2*8-,10+;;/m010../s1. The van der Waals surface area contributed by atoms with Gasteiger partial charge in [0, 0.05) is 80.7 Å². The Labute approximate surface area is 582 Å². The van der Waals surface area contributed by atoms with E-state index in [4.69, 9.17) is 0 Å². The number of carbonyl (C=O) groups excluding carboxylic acids is 4. The molecule has 19 nitrogen and oxygen atoms in total. The lowest BCUT2D eigenvalue weighted by Gasteiger charge is -2.34. The first-order valence-electron chi connectivity index (χ1n) is 31.2. The molecule has 0 aromatic carbocycles. The second kappa shape index (κ2) is 31.8. The number of aliphatic hydroxyl groups is 2. The predicted molar refractivity (Wildman–Crippen MR) is 349 cm³/mol. The van der Waals surface area contributed by atoms with Crippen LogP contribution in [-0.2, 0) is 24.7 Å². The zero-order chi connectivity index (χ0) is 72.4. The Balaban J connectivity index is 0.000000169. The highest BCUT2D eigenvalue weighted by Gasteiger charge is 2.43. The minimum absolute atomic E-state index is 0. The molecular weight excluding hydrogens is 1420 g/mol. The number of likely N-dealkylation sites (tertiary alicyclic amines) is 4. The molecule has 4 aliphatic heterocycles. The van der Waals surface area contributed by atoms with Crippen LogP contribution in [0.1, 0.15) is 151 Å². The number of hydrogen-bond acceptors (Lipinski definition) is 19. The first-order chi connectivity index (χ1) is 46.4. The molecule has 8 aromatic heterocycles. The number of aliphatic hydroxyl groups excluding tert-OH is 2. The molecule has 4 amide bonds. The molecule has 0 aliphatic carbocycles. The van der Waals surface area contributed by atoms with Gasteiger partial charge in [-0.1, -0.05) is 48.8 Å². The molecule has 5 atom stereocenters. The van der Waals surface area contributed by atoms with Gasteiger partial charge in [0.2, 0.25) is 23.0 Å². The third-order valence-electron chi connectivity index (χ3n) is 17.4. The normalized spacial score (nSPS) is 19.4. The number of piperidine rings is 4. The van der Waals surface area contributed by atoms with Gasteiger partial charge in [-0.2, -0.15) is 52.7 Å². The fourth-order valence-electron chi connectivity index (χ4n) is 11.5. The van der Waals surface area contributed by atoms with Crippen LogP contribution in [0.3, 0.4) is 0 Å². The quantitative estimate of drug-likeness (QED) is 0.114. The maximum absolute atomic E-state index is 12.8. The summed E-state index contributed by atoms with van der Waals surface area (Å²) in [5.74, 6) is -4.39. The number of rotatable bonds is 9. The maximum Gasteiger partial charge on any atom is 0.452 e. The Morgan fingerprint density at radius 2 is 0.700 bits per heavy atom. The van der Waals surface area contributed by atoms with E-state index in [-0.39, 0.29) is 94.0 Å². The lowest BCUT2D eigenvalue weighted by atomic mass is 9.97. The van der Waals surface area contributed by atoms with Gasteiger partial charge < -0.3 is 53.2 Å². The summed E-state index contributed by atoms with van der Waals surface area (Å²) < 4.78 is 172. The Kier molecular flexibility index (Phi) is 24.9. The fourth-order valence-corrected chi connectivity index (χ4v) is 15.6. The highest BCUT2D eigenvalue weighted by molar-refractivity contribution is 7.18. The second-order valence-electron chi connectivity index (χ2n) is 24.6. The van der Waals surface area contributed by atoms with E-state index >= 15 is 0 Å². The number of likely N-dealkylation sites (N-methyl/N-ethyl adjacent to an activating group) is 1. The molecule has 3 N–H and O–H groups in total. The van der Waals surface area contributed by atoms with Crippen molar-refractivity contribution in [1.82, 2.24) is 45.5 Å². The summed E-state index contributed by atoms with van der Waals surface area (Å²) in [6, 6.07) is 13.1. The van der Waals surface area contributed by atoms with Crippen molar-refractivity contribution >= 4 is 69.0 Å². The van der Waals surface area contributed by atoms with E-state index in [1.54, 1.807) is 68.1 Å². The molecule has 0 spiro atoms. The molecular formula is C65H73F12N9O10S4. The molecule has 0 bridgehead atoms. The van der Waals surface area contributed by atoms with Crippen LogP contribution < -0.4 is 5.32 Å². The number of alkyl halides is 12. The van der Waals surface area contributed by atoms with E-state index in [1.807, 2.05) is 20.9 Å². The van der Waals surface area contributed by atoms with E-state index in [0.29, 0.717) is 110 Å². The van der Waals surface area contributed by atoms with Gasteiger partial charge in [-0.05, 0) is 140 Å². The van der Waals surface area contributed by atoms with Crippen molar-refractivity contribution in [2.75, 3.05) is 59.4 Å². The van der Waals surface area contributed by atoms with Gasteiger partial charge in [-0.25, -0.2) is 0 Å². The number of nitrogens with one attached hydrogen (secondary N) is 1. The summed E-state index contributed by atoms with van der Waals surface area (Å²) in [6.45, 7) is 15.7. The van der Waals surface area contributed by atoms with E-state index < -0.39 is 60.0 Å². The van der Waals surface area contributed by atoms with Gasteiger partial charge in [0.1, 0.15) is 22.8 Å². The molecule has 0 unspecified atom stereocenters. The summed E-state index contributed by atoms with van der Waals surface area (Å²) in [4.78, 5) is 60.9. The minimum atomic E-state index is -4.60. The van der Waals surface area contributed by atoms with Crippen LogP contribution in [0.25, 0.3) is 42.3 Å². The van der Waals surface area contributed by atoms with Crippen LogP contribution in [0, 0.1) is 45.4 Å². The number of amides is 4. The molecule has 4 aliphatic rings. The smallest absolute Gasteiger partial charge is 0.393 e. The summed E-state index contributed by atoms with van der Waals surface area (Å²) >= 11 is 4.45. The van der Waals surface area contributed by atoms with E-state index in [9.17, 15) is 82.1 Å². The first-order valence-corrected chi connectivity index (χ1v) is 34.5. The molecule has 100 heavy (non-hydrogen) atoms. The van der Waals surface area contributed by atoms with Gasteiger partial charge in [-0.15, -0.1) is 45.3 Å². The van der Waals surface area contributed by atoms with Crippen molar-refractivity contribution in [2.45, 2.75) is 137 Å². The van der Waals surface area contributed by atoms with E-state index in [1.165, 1.54) is 27.7 Å². The Hall–Kier alpha value is -7.44. The molecule has 8 aromatic rings. The van der Waals surface area contributed by atoms with Crippen molar-refractivity contribution in [3.8, 4) is 42.3 Å². The summed E-state index contributed by atoms with van der Waals surface area (Å²) in [6.07, 6.45) is -14.3. The SMILES string of the molecule is C.CN[C@H]1CCCN(C(=O)c2ccc(-c3noc(C(F)(F)F)c3C)s2)C1.Cc1c(-c2ccc(C(=O)N3CCC(C)CC3)s2)noc1C(F)(F)F.Cc1c(-c2ccc(C(=O)N3CC[C@@H](O)[C@@H](C)C3)s2)noc1C(F)(F)F.Cc1c(-c2ccc(C(=O)N3CC[C@H](O)[C@H](C)C3)s2)noc1C(F)(F)F. The summed E-state index contributed by atoms with van der Waals surface area (Å²) in [5.41, 5.74) is 0.141. The molecule has 0 saturated carbocycles. The fraction of sp³-hybridized carbons (Fsp3) is 0.508. The largest absolute Gasteiger partial charge is 0.452 e. The van der Waals surface area contributed by atoms with Gasteiger partial charge in [0.15, 0.2) is 0 Å². The summed E-state index contributed by atoms with van der Waals surface area (Å²) in [5, 5.41) is 36.8. The van der Waals surface area contributed by atoms with Crippen LogP contribution in [0.15, 0.2) is 66.6 Å². The van der Waals surface area contributed by atoms with Crippen LogP contribution >= 0.6 is 45.3 Å². The number of halogens is 12. The second-order valence-corrected chi connectivity index (χ2v) is 28.9. The van der Waals surface area contributed by atoms with Gasteiger partial charge >= 0.3 is 24.7 Å². The number of thiophene rings is 4. The predicted octanol–water partition coefficient (Wildman–Crippen LogP) is 15.9. The summed E-state index contributed by atoms with van der Waals surface area (Å²) in [7, 11) is 1.87. The molecule has 35 heteroatoms. The van der Waals surface area contributed by atoms with E-state index in [0.717, 1.165) is 71.0 Å². The van der Waals surface area contributed by atoms with Crippen LogP contribution in [0.2, 0.25) is 0 Å². The van der Waals surface area contributed by atoms with Crippen molar-refractivity contribution in [2.24, 2.45) is 17.8 Å². The van der Waals surface area contributed by atoms with Gasteiger partial charge in [0.05, 0.1) is 51.2 Å². The molecule has 4 fully saturated rings. The molecule has 4 saturated heterocycles.